The normalized spacial score (nSPS) is 18.4. The van der Waals surface area contributed by atoms with E-state index in [0.717, 1.165) is 0 Å². The van der Waals surface area contributed by atoms with E-state index in [2.05, 4.69) is 9.97 Å². The van der Waals surface area contributed by atoms with E-state index in [4.69, 9.17) is 47.9 Å². The van der Waals surface area contributed by atoms with Crippen LogP contribution in [-0.2, 0) is 23.9 Å². The number of benzene rings is 4. The minimum absolute atomic E-state index is 0.0363. The average molecular weight is 933 g/mol. The maximum Gasteiger partial charge on any atom is 0.263 e. The molecule has 0 radical (unpaired) electrons. The molecule has 4 aromatic carbocycles. The molecule has 2 aliphatic heterocycles. The van der Waals surface area contributed by atoms with E-state index in [1.165, 1.54) is 47.5 Å². The zero-order chi connectivity index (χ0) is 46.7. The maximum absolute atomic E-state index is 13.5. The summed E-state index contributed by atoms with van der Waals surface area (Å²) in [5.74, 6) is -1.28. The molecule has 65 heavy (non-hydrogen) atoms. The van der Waals surface area contributed by atoms with Crippen LogP contribution < -0.4 is 26.3 Å². The van der Waals surface area contributed by atoms with Crippen molar-refractivity contribution < 1.29 is 42.1 Å². The predicted octanol–water partition coefficient (Wildman–Crippen LogP) is 6.86. The summed E-state index contributed by atoms with van der Waals surface area (Å²) in [6.07, 6.45) is 0.547. The Morgan fingerprint density at radius 1 is 0.677 bits per heavy atom. The fourth-order valence-electron chi connectivity index (χ4n) is 7.89. The van der Waals surface area contributed by atoms with Crippen LogP contribution in [0, 0.1) is 11.6 Å². The number of nitrogens with one attached hydrogen (secondary N) is 2. The topological polar surface area (TPSA) is 186 Å². The second kappa shape index (κ2) is 19.8. The molecule has 8 rings (SSSR count). The van der Waals surface area contributed by atoms with E-state index in [9.17, 15) is 32.8 Å². The third-order valence-electron chi connectivity index (χ3n) is 10.9. The number of hydrogen-bond acceptors (Lipinski definition) is 9. The van der Waals surface area contributed by atoms with Gasteiger partial charge in [-0.1, -0.05) is 23.2 Å². The van der Waals surface area contributed by atoms with Gasteiger partial charge in [0.05, 0.1) is 46.2 Å². The number of nitrogens with zero attached hydrogens (tertiary/aromatic N) is 2. The molecule has 3 amide bonds. The number of morpholine rings is 2. The van der Waals surface area contributed by atoms with Crippen LogP contribution in [0.15, 0.2) is 94.8 Å². The Labute approximate surface area is 381 Å². The number of aromatic nitrogens is 2. The van der Waals surface area contributed by atoms with Crippen molar-refractivity contribution in [2.45, 2.75) is 58.2 Å². The van der Waals surface area contributed by atoms with Crippen LogP contribution in [-0.4, -0.2) is 101 Å². The first-order chi connectivity index (χ1) is 31.0. The van der Waals surface area contributed by atoms with Crippen molar-refractivity contribution in [3.8, 4) is 33.8 Å². The van der Waals surface area contributed by atoms with Crippen LogP contribution in [0.5, 0.6) is 11.5 Å². The summed E-state index contributed by atoms with van der Waals surface area (Å²) in [5, 5.41) is 2.40. The number of pyridine rings is 2. The fourth-order valence-corrected chi connectivity index (χ4v) is 8.43. The fraction of sp³-hybridized carbons (Fsp3) is 0.298. The molecule has 4 N–H and O–H groups in total. The van der Waals surface area contributed by atoms with Gasteiger partial charge in [0.1, 0.15) is 23.1 Å². The van der Waals surface area contributed by atoms with Crippen LogP contribution in [0.3, 0.4) is 0 Å². The maximum atomic E-state index is 13.5. The standard InChI is InChI=1S/C24H24ClFN2O4.C23H21ClFN3O5/c1-13-11-28(12-14(2)31-13)24(30)15(3)32-17-5-7-18-20(9-17)23(29)27-10-21(18)19-6-4-16(26)8-22(19)25;1-12(23(31)28-6-7-32-20(11-28)21(26)29)33-14-3-5-15-17(9-14)22(30)27-10-18(15)16-4-2-13(25)8-19(16)24/h4-10,13-15H,11-12H2,1-3H3,(H,27,29);2-5,8-10,12,20H,6-7,11H2,1H3,(H2,26,29)(H,27,30)/t13-,14-,15-;12?,20-/m10/s1. The van der Waals surface area contributed by atoms with Crippen molar-refractivity contribution in [3.63, 3.8) is 0 Å². The Hall–Kier alpha value is -6.33. The van der Waals surface area contributed by atoms with E-state index in [-0.39, 0.29) is 58.3 Å². The minimum Gasteiger partial charge on any atom is -0.481 e. The zero-order valence-electron chi connectivity index (χ0n) is 35.7. The molecular weight excluding hydrogens is 887 g/mol. The van der Waals surface area contributed by atoms with E-state index < -0.39 is 35.9 Å². The number of carbonyl (C=O) groups excluding carboxylic acids is 3. The Bertz CT molecular complexity index is 2900. The minimum atomic E-state index is -0.872. The van der Waals surface area contributed by atoms with Gasteiger partial charge in [-0.25, -0.2) is 8.78 Å². The predicted molar refractivity (Wildman–Crippen MR) is 242 cm³/mol. The van der Waals surface area contributed by atoms with Crippen molar-refractivity contribution in [3.05, 3.63) is 128 Å². The third kappa shape index (κ3) is 10.6. The van der Waals surface area contributed by atoms with Crippen LogP contribution in [0.4, 0.5) is 8.78 Å². The van der Waals surface area contributed by atoms with Gasteiger partial charge < -0.3 is 44.4 Å². The molecule has 6 aromatic rings. The average Bonchev–Trinajstić information content (AvgIpc) is 3.27. The van der Waals surface area contributed by atoms with Gasteiger partial charge in [0, 0.05) is 54.3 Å². The molecule has 0 bridgehead atoms. The van der Waals surface area contributed by atoms with E-state index >= 15 is 0 Å². The summed E-state index contributed by atoms with van der Waals surface area (Å²) in [6, 6.07) is 18.0. The number of rotatable bonds is 9. The molecule has 0 saturated carbocycles. The van der Waals surface area contributed by atoms with Gasteiger partial charge in [0.15, 0.2) is 18.3 Å². The first kappa shape index (κ1) is 46.7. The molecule has 0 aliphatic carbocycles. The molecule has 14 nitrogen and oxygen atoms in total. The lowest BCUT2D eigenvalue weighted by molar-refractivity contribution is -0.150. The zero-order valence-corrected chi connectivity index (χ0v) is 37.2. The van der Waals surface area contributed by atoms with Gasteiger partial charge in [-0.3, -0.25) is 24.0 Å². The number of nitrogens with two attached hydrogens (primary N) is 1. The second-order valence-corrected chi connectivity index (χ2v) is 16.6. The highest BCUT2D eigenvalue weighted by Crippen LogP contribution is 2.35. The summed E-state index contributed by atoms with van der Waals surface area (Å²) < 4.78 is 49.6. The van der Waals surface area contributed by atoms with Crippen molar-refractivity contribution in [2.75, 3.05) is 32.8 Å². The Balaban J connectivity index is 0.000000194. The largest absolute Gasteiger partial charge is 0.481 e. The molecule has 2 saturated heterocycles. The number of fused-ring (bicyclic) bond motifs is 2. The Morgan fingerprint density at radius 3 is 1.58 bits per heavy atom. The number of H-pyrrole nitrogens is 2. The number of halogens is 4. The molecule has 2 aromatic heterocycles. The lowest BCUT2D eigenvalue weighted by Crippen LogP contribution is -2.53. The summed E-state index contributed by atoms with van der Waals surface area (Å²) in [4.78, 5) is 70.6. The highest BCUT2D eigenvalue weighted by atomic mass is 35.5. The van der Waals surface area contributed by atoms with Crippen molar-refractivity contribution in [2.24, 2.45) is 5.73 Å². The summed E-state index contributed by atoms with van der Waals surface area (Å²) in [7, 11) is 0. The Kier molecular flexibility index (Phi) is 14.2. The van der Waals surface area contributed by atoms with Gasteiger partial charge >= 0.3 is 0 Å². The first-order valence-corrected chi connectivity index (χ1v) is 21.4. The summed E-state index contributed by atoms with van der Waals surface area (Å²) >= 11 is 12.4. The molecule has 5 atom stereocenters. The molecule has 340 valence electrons. The number of ether oxygens (including phenoxy) is 4. The SMILES string of the molecule is CC(Oc1ccc2c(-c3ccc(F)cc3Cl)c[nH]c(=O)c2c1)C(=O)N1CCO[C@H](C(N)=O)C1.C[C@@H]1CN(C(=O)[C@@H](C)Oc2ccc3c(-c4ccc(F)cc4Cl)c[nH]c(=O)c3c2)C[C@@H](C)O1. The molecule has 1 unspecified atom stereocenters. The second-order valence-electron chi connectivity index (χ2n) is 15.8. The lowest BCUT2D eigenvalue weighted by Gasteiger charge is -2.36. The van der Waals surface area contributed by atoms with Gasteiger partial charge in [-0.2, -0.15) is 0 Å². The molecular formula is C47H45Cl2F2N5O9. The summed E-state index contributed by atoms with van der Waals surface area (Å²) in [6.45, 7) is 8.73. The van der Waals surface area contributed by atoms with Crippen LogP contribution in [0.1, 0.15) is 27.7 Å². The number of carbonyl (C=O) groups is 3. The quantitative estimate of drug-likeness (QED) is 0.139. The van der Waals surface area contributed by atoms with E-state index in [1.54, 1.807) is 61.3 Å². The first-order valence-electron chi connectivity index (χ1n) is 20.7. The van der Waals surface area contributed by atoms with Gasteiger partial charge in [-0.15, -0.1) is 0 Å². The molecule has 0 spiro atoms. The number of hydrogen-bond donors (Lipinski definition) is 3. The molecule has 2 aliphatic rings. The van der Waals surface area contributed by atoms with Crippen LogP contribution in [0.25, 0.3) is 43.8 Å². The van der Waals surface area contributed by atoms with Crippen molar-refractivity contribution in [1.82, 2.24) is 19.8 Å². The van der Waals surface area contributed by atoms with Crippen LogP contribution in [0.2, 0.25) is 10.0 Å². The molecule has 18 heteroatoms. The lowest BCUT2D eigenvalue weighted by atomic mass is 10.0. The number of amides is 3. The molecule has 2 fully saturated rings. The Morgan fingerprint density at radius 2 is 1.14 bits per heavy atom. The highest BCUT2D eigenvalue weighted by Gasteiger charge is 2.32. The van der Waals surface area contributed by atoms with E-state index in [1.807, 2.05) is 13.8 Å². The van der Waals surface area contributed by atoms with Gasteiger partial charge in [-0.05, 0) is 111 Å². The number of aromatic amines is 2. The smallest absolute Gasteiger partial charge is 0.263 e. The number of primary amides is 1. The van der Waals surface area contributed by atoms with Gasteiger partial charge in [0.25, 0.3) is 22.9 Å². The molecule has 4 heterocycles. The van der Waals surface area contributed by atoms with Crippen molar-refractivity contribution in [1.29, 1.82) is 0 Å². The van der Waals surface area contributed by atoms with Crippen LogP contribution >= 0.6 is 23.2 Å². The van der Waals surface area contributed by atoms with Gasteiger partial charge in [0.2, 0.25) is 5.91 Å². The van der Waals surface area contributed by atoms with E-state index in [0.29, 0.717) is 74.9 Å². The third-order valence-corrected chi connectivity index (χ3v) is 11.6. The summed E-state index contributed by atoms with van der Waals surface area (Å²) in [5.41, 5.74) is 7.07. The van der Waals surface area contributed by atoms with Crippen molar-refractivity contribution >= 4 is 62.5 Å². The highest BCUT2D eigenvalue weighted by molar-refractivity contribution is 6.34. The monoisotopic (exact) mass is 931 g/mol.